The fourth-order valence-electron chi connectivity index (χ4n) is 2.51. The third-order valence-corrected chi connectivity index (χ3v) is 8.09. The van der Waals surface area contributed by atoms with Crippen LogP contribution in [-0.2, 0) is 9.22 Å². The lowest BCUT2D eigenvalue weighted by atomic mass is 10.4. The Kier molecular flexibility index (Phi) is 7.44. The summed E-state index contributed by atoms with van der Waals surface area (Å²) >= 11 is 0. The Labute approximate surface area is 130 Å². The largest absolute Gasteiger partial charge is 0.511 e. The summed E-state index contributed by atoms with van der Waals surface area (Å²) in [6.07, 6.45) is 4.46. The molecule has 0 aromatic heterocycles. The maximum atomic E-state index is 12.2. The van der Waals surface area contributed by atoms with Gasteiger partial charge in [-0.05, 0) is 24.2 Å². The molecule has 3 heteroatoms. The van der Waals surface area contributed by atoms with E-state index in [1.807, 2.05) is 18.2 Å². The molecule has 0 radical (unpaired) electrons. The molecule has 116 valence electrons. The SMILES string of the molecule is C=C(C)C(=O)O[Si](CCCC)(CCCC)c1ccccc1. The van der Waals surface area contributed by atoms with Crippen LogP contribution in [0.5, 0.6) is 0 Å². The van der Waals surface area contributed by atoms with Gasteiger partial charge in [0.15, 0.2) is 0 Å². The Hall–Kier alpha value is -1.35. The predicted octanol–water partition coefficient (Wildman–Crippen LogP) is 4.56. The van der Waals surface area contributed by atoms with Crippen molar-refractivity contribution in [2.24, 2.45) is 0 Å². The molecule has 0 spiro atoms. The van der Waals surface area contributed by atoms with Gasteiger partial charge in [0, 0.05) is 5.57 Å². The summed E-state index contributed by atoms with van der Waals surface area (Å²) in [6, 6.07) is 12.4. The van der Waals surface area contributed by atoms with Crippen molar-refractivity contribution in [3.63, 3.8) is 0 Å². The highest BCUT2D eigenvalue weighted by Gasteiger charge is 2.39. The van der Waals surface area contributed by atoms with Gasteiger partial charge in [0.1, 0.15) is 0 Å². The molecule has 0 bridgehead atoms. The van der Waals surface area contributed by atoms with Crippen LogP contribution in [0, 0.1) is 0 Å². The van der Waals surface area contributed by atoms with Gasteiger partial charge in [-0.2, -0.15) is 0 Å². The predicted molar refractivity (Wildman–Crippen MR) is 92.2 cm³/mol. The lowest BCUT2D eigenvalue weighted by Gasteiger charge is -2.31. The van der Waals surface area contributed by atoms with Gasteiger partial charge in [-0.1, -0.05) is 76.4 Å². The van der Waals surface area contributed by atoms with Crippen LogP contribution in [-0.4, -0.2) is 14.3 Å². The minimum atomic E-state index is -2.25. The van der Waals surface area contributed by atoms with E-state index in [2.05, 4.69) is 32.6 Å². The highest BCUT2D eigenvalue weighted by Crippen LogP contribution is 2.24. The van der Waals surface area contributed by atoms with Crippen LogP contribution in [0.3, 0.4) is 0 Å². The summed E-state index contributed by atoms with van der Waals surface area (Å²) in [5.74, 6) is -0.224. The first kappa shape index (κ1) is 17.7. The normalized spacial score (nSPS) is 11.2. The van der Waals surface area contributed by atoms with Crippen LogP contribution >= 0.6 is 0 Å². The molecule has 1 aromatic carbocycles. The second-order valence-corrected chi connectivity index (χ2v) is 9.51. The minimum absolute atomic E-state index is 0.224. The summed E-state index contributed by atoms with van der Waals surface area (Å²) in [5, 5.41) is 1.24. The Balaban J connectivity index is 3.13. The van der Waals surface area contributed by atoms with Crippen molar-refractivity contribution in [2.75, 3.05) is 0 Å². The summed E-state index contributed by atoms with van der Waals surface area (Å²) in [6.45, 7) is 9.84. The van der Waals surface area contributed by atoms with E-state index in [1.54, 1.807) is 6.92 Å². The van der Waals surface area contributed by atoms with Crippen molar-refractivity contribution in [1.82, 2.24) is 0 Å². The molecule has 0 amide bonds. The second-order valence-electron chi connectivity index (χ2n) is 5.74. The molecule has 0 fully saturated rings. The standard InChI is InChI=1S/C18H28O2Si/c1-5-7-14-21(15-8-6-2,20-18(19)16(3)4)17-12-10-9-11-13-17/h9-13H,3,5-8,14-15H2,1-2,4H3. The summed E-state index contributed by atoms with van der Waals surface area (Å²) in [7, 11) is -2.25. The molecule has 0 aliphatic rings. The van der Waals surface area contributed by atoms with Crippen molar-refractivity contribution >= 4 is 19.5 Å². The first-order valence-electron chi connectivity index (χ1n) is 8.00. The molecule has 0 aliphatic carbocycles. The van der Waals surface area contributed by atoms with Gasteiger partial charge < -0.3 is 4.43 Å². The average Bonchev–Trinajstić information content (AvgIpc) is 2.50. The molecule has 0 unspecified atom stereocenters. The molecular weight excluding hydrogens is 276 g/mol. The van der Waals surface area contributed by atoms with Crippen molar-refractivity contribution in [3.8, 4) is 0 Å². The Morgan fingerprint density at radius 3 is 2.05 bits per heavy atom. The number of rotatable bonds is 9. The van der Waals surface area contributed by atoms with Gasteiger partial charge in [-0.15, -0.1) is 0 Å². The minimum Gasteiger partial charge on any atom is -0.511 e. The van der Waals surface area contributed by atoms with Crippen molar-refractivity contribution in [3.05, 3.63) is 42.5 Å². The third kappa shape index (κ3) is 5.16. The smallest absolute Gasteiger partial charge is 0.320 e. The monoisotopic (exact) mass is 304 g/mol. The van der Waals surface area contributed by atoms with E-state index in [9.17, 15) is 4.79 Å². The zero-order valence-electron chi connectivity index (χ0n) is 13.7. The van der Waals surface area contributed by atoms with Gasteiger partial charge >= 0.3 is 5.97 Å². The van der Waals surface area contributed by atoms with E-state index in [4.69, 9.17) is 4.43 Å². The first-order chi connectivity index (χ1) is 10.1. The maximum Gasteiger partial charge on any atom is 0.320 e. The lowest BCUT2D eigenvalue weighted by molar-refractivity contribution is -0.130. The number of unbranched alkanes of at least 4 members (excludes halogenated alkanes) is 2. The van der Waals surface area contributed by atoms with Gasteiger partial charge in [0.05, 0.1) is 0 Å². The van der Waals surface area contributed by atoms with Crippen LogP contribution in [0.15, 0.2) is 42.5 Å². The molecule has 0 aliphatic heterocycles. The molecule has 2 nitrogen and oxygen atoms in total. The first-order valence-corrected chi connectivity index (χ1v) is 10.3. The second kappa shape index (κ2) is 8.83. The van der Waals surface area contributed by atoms with Crippen LogP contribution in [0.4, 0.5) is 0 Å². The van der Waals surface area contributed by atoms with Gasteiger partial charge in [-0.3, -0.25) is 0 Å². The molecule has 1 aromatic rings. The van der Waals surface area contributed by atoms with Crippen molar-refractivity contribution in [2.45, 2.75) is 58.5 Å². The summed E-state index contributed by atoms with van der Waals surface area (Å²) in [4.78, 5) is 12.2. The molecule has 0 saturated carbocycles. The average molecular weight is 305 g/mol. The van der Waals surface area contributed by atoms with Gasteiger partial charge in [0.2, 0.25) is 0 Å². The number of benzene rings is 1. The van der Waals surface area contributed by atoms with Crippen LogP contribution < -0.4 is 5.19 Å². The Morgan fingerprint density at radius 1 is 1.10 bits per heavy atom. The molecule has 0 atom stereocenters. The highest BCUT2D eigenvalue weighted by molar-refractivity contribution is 6.87. The third-order valence-electron chi connectivity index (χ3n) is 3.80. The van der Waals surface area contributed by atoms with Crippen molar-refractivity contribution in [1.29, 1.82) is 0 Å². The quantitative estimate of drug-likeness (QED) is 0.494. The molecule has 0 saturated heterocycles. The zero-order chi connectivity index (χ0) is 15.7. The molecular formula is C18H28O2Si. The Bertz CT molecular complexity index is 446. The number of hydrogen-bond donors (Lipinski definition) is 0. The maximum absolute atomic E-state index is 12.2. The van der Waals surface area contributed by atoms with E-state index in [0.29, 0.717) is 5.57 Å². The number of hydrogen-bond acceptors (Lipinski definition) is 2. The fourth-order valence-corrected chi connectivity index (χ4v) is 6.83. The topological polar surface area (TPSA) is 26.3 Å². The van der Waals surface area contributed by atoms with E-state index in [0.717, 1.165) is 37.8 Å². The van der Waals surface area contributed by atoms with E-state index >= 15 is 0 Å². The summed E-state index contributed by atoms with van der Waals surface area (Å²) < 4.78 is 6.09. The van der Waals surface area contributed by atoms with Crippen LogP contribution in [0.1, 0.15) is 46.5 Å². The van der Waals surface area contributed by atoms with Crippen LogP contribution in [0.2, 0.25) is 12.1 Å². The Morgan fingerprint density at radius 2 is 1.62 bits per heavy atom. The van der Waals surface area contributed by atoms with E-state index in [1.165, 1.54) is 5.19 Å². The molecule has 0 N–H and O–H groups in total. The van der Waals surface area contributed by atoms with E-state index < -0.39 is 8.32 Å². The lowest BCUT2D eigenvalue weighted by Crippen LogP contribution is -2.52. The highest BCUT2D eigenvalue weighted by atomic mass is 28.4. The van der Waals surface area contributed by atoms with Gasteiger partial charge in [-0.25, -0.2) is 4.79 Å². The zero-order valence-corrected chi connectivity index (χ0v) is 14.7. The molecule has 1 rings (SSSR count). The molecule has 21 heavy (non-hydrogen) atoms. The number of carbonyl (C=O) groups is 1. The number of carbonyl (C=O) groups excluding carboxylic acids is 1. The van der Waals surface area contributed by atoms with Crippen molar-refractivity contribution < 1.29 is 9.22 Å². The van der Waals surface area contributed by atoms with Crippen LogP contribution in [0.25, 0.3) is 0 Å². The fraction of sp³-hybridized carbons (Fsp3) is 0.500. The van der Waals surface area contributed by atoms with Gasteiger partial charge in [0.25, 0.3) is 8.32 Å². The summed E-state index contributed by atoms with van der Waals surface area (Å²) in [5.41, 5.74) is 0.496. The molecule has 0 heterocycles. The van der Waals surface area contributed by atoms with E-state index in [-0.39, 0.29) is 5.97 Å².